The van der Waals surface area contributed by atoms with Crippen LogP contribution in [0.5, 0.6) is 0 Å². The lowest BCUT2D eigenvalue weighted by Gasteiger charge is -2.34. The van der Waals surface area contributed by atoms with E-state index in [2.05, 4.69) is 24.8 Å². The van der Waals surface area contributed by atoms with Gasteiger partial charge in [-0.15, -0.1) is 0 Å². The Bertz CT molecular complexity index is 698. The fourth-order valence-electron chi connectivity index (χ4n) is 3.83. The van der Waals surface area contributed by atoms with Crippen LogP contribution >= 0.6 is 0 Å². The van der Waals surface area contributed by atoms with E-state index in [0.29, 0.717) is 0 Å². The highest BCUT2D eigenvalue weighted by Crippen LogP contribution is 2.30. The SMILES string of the molecule is O[C@H](c1ccccn1)C1CCN(Cc2cnc(N3CCOCC3)nc2)CC1. The molecule has 144 valence electrons. The molecule has 1 atom stereocenters. The van der Waals surface area contributed by atoms with Crippen molar-refractivity contribution in [2.24, 2.45) is 5.92 Å². The summed E-state index contributed by atoms with van der Waals surface area (Å²) in [6.45, 7) is 5.99. The zero-order chi connectivity index (χ0) is 18.5. The second kappa shape index (κ2) is 8.73. The van der Waals surface area contributed by atoms with Crippen molar-refractivity contribution in [3.63, 3.8) is 0 Å². The van der Waals surface area contributed by atoms with Crippen LogP contribution in [-0.4, -0.2) is 64.4 Å². The molecule has 0 bridgehead atoms. The molecule has 2 aromatic rings. The van der Waals surface area contributed by atoms with Crippen LogP contribution in [0.25, 0.3) is 0 Å². The summed E-state index contributed by atoms with van der Waals surface area (Å²) < 4.78 is 5.37. The molecule has 27 heavy (non-hydrogen) atoms. The van der Waals surface area contributed by atoms with E-state index in [0.717, 1.165) is 76.0 Å². The van der Waals surface area contributed by atoms with Crippen LogP contribution in [-0.2, 0) is 11.3 Å². The average molecular weight is 369 g/mol. The Morgan fingerprint density at radius 1 is 1.04 bits per heavy atom. The number of piperidine rings is 1. The number of aliphatic hydroxyl groups excluding tert-OH is 1. The molecule has 2 aliphatic rings. The van der Waals surface area contributed by atoms with Gasteiger partial charge in [-0.3, -0.25) is 9.88 Å². The van der Waals surface area contributed by atoms with Crippen molar-refractivity contribution < 1.29 is 9.84 Å². The van der Waals surface area contributed by atoms with E-state index in [4.69, 9.17) is 4.74 Å². The zero-order valence-electron chi connectivity index (χ0n) is 15.6. The van der Waals surface area contributed by atoms with Gasteiger partial charge in [0.15, 0.2) is 0 Å². The third kappa shape index (κ3) is 4.61. The lowest BCUT2D eigenvalue weighted by atomic mass is 9.89. The third-order valence-electron chi connectivity index (χ3n) is 5.46. The van der Waals surface area contributed by atoms with Gasteiger partial charge in [0, 0.05) is 43.8 Å². The summed E-state index contributed by atoms with van der Waals surface area (Å²) >= 11 is 0. The van der Waals surface area contributed by atoms with E-state index in [9.17, 15) is 5.11 Å². The normalized spacial score (nSPS) is 20.6. The van der Waals surface area contributed by atoms with E-state index in [1.807, 2.05) is 30.6 Å². The third-order valence-corrected chi connectivity index (χ3v) is 5.46. The molecule has 0 spiro atoms. The topological polar surface area (TPSA) is 74.6 Å². The number of anilines is 1. The number of pyridine rings is 1. The number of hydrogen-bond donors (Lipinski definition) is 1. The predicted molar refractivity (Wildman–Crippen MR) is 102 cm³/mol. The number of likely N-dealkylation sites (tertiary alicyclic amines) is 1. The van der Waals surface area contributed by atoms with Crippen LogP contribution in [0.1, 0.15) is 30.2 Å². The van der Waals surface area contributed by atoms with E-state index in [1.165, 1.54) is 0 Å². The van der Waals surface area contributed by atoms with Gasteiger partial charge in [0.05, 0.1) is 25.0 Å². The fourth-order valence-corrected chi connectivity index (χ4v) is 3.83. The quantitative estimate of drug-likeness (QED) is 0.859. The van der Waals surface area contributed by atoms with Crippen molar-refractivity contribution in [1.29, 1.82) is 0 Å². The molecule has 1 N–H and O–H groups in total. The smallest absolute Gasteiger partial charge is 0.225 e. The van der Waals surface area contributed by atoms with E-state index in [-0.39, 0.29) is 5.92 Å². The number of aliphatic hydroxyl groups is 1. The largest absolute Gasteiger partial charge is 0.387 e. The second-order valence-electron chi connectivity index (χ2n) is 7.30. The highest BCUT2D eigenvalue weighted by Gasteiger charge is 2.27. The maximum Gasteiger partial charge on any atom is 0.225 e. The minimum absolute atomic E-state index is 0.274. The minimum Gasteiger partial charge on any atom is -0.387 e. The van der Waals surface area contributed by atoms with Crippen LogP contribution < -0.4 is 4.90 Å². The highest BCUT2D eigenvalue weighted by molar-refractivity contribution is 5.30. The lowest BCUT2D eigenvalue weighted by Crippen LogP contribution is -2.37. The molecule has 0 unspecified atom stereocenters. The lowest BCUT2D eigenvalue weighted by molar-refractivity contribution is 0.0539. The molecule has 2 fully saturated rings. The molecule has 0 aromatic carbocycles. The average Bonchev–Trinajstić information content (AvgIpc) is 2.76. The molecule has 2 aliphatic heterocycles. The monoisotopic (exact) mass is 369 g/mol. The molecule has 2 saturated heterocycles. The first-order valence-corrected chi connectivity index (χ1v) is 9.74. The first-order valence-electron chi connectivity index (χ1n) is 9.74. The summed E-state index contributed by atoms with van der Waals surface area (Å²) in [6.07, 6.45) is 7.10. The molecule has 7 nitrogen and oxygen atoms in total. The number of aromatic nitrogens is 3. The number of hydrogen-bond acceptors (Lipinski definition) is 7. The fraction of sp³-hybridized carbons (Fsp3) is 0.550. The van der Waals surface area contributed by atoms with Gasteiger partial charge in [0.1, 0.15) is 0 Å². The number of ether oxygens (including phenoxy) is 1. The maximum absolute atomic E-state index is 10.6. The van der Waals surface area contributed by atoms with Crippen molar-refractivity contribution in [1.82, 2.24) is 19.9 Å². The standard InChI is InChI=1S/C20H27N5O2/c26-19(18-3-1-2-6-21-18)17-4-7-24(8-5-17)15-16-13-22-20(23-14-16)25-9-11-27-12-10-25/h1-3,6,13-14,17,19,26H,4-5,7-12,15H2/t19-/m0/s1. The van der Waals surface area contributed by atoms with Gasteiger partial charge < -0.3 is 14.7 Å². The Labute approximate surface area is 160 Å². The Hall–Kier alpha value is -2.09. The number of morpholine rings is 1. The van der Waals surface area contributed by atoms with Crippen LogP contribution in [0.3, 0.4) is 0 Å². The van der Waals surface area contributed by atoms with Gasteiger partial charge in [-0.25, -0.2) is 9.97 Å². The molecule has 7 heteroatoms. The summed E-state index contributed by atoms with van der Waals surface area (Å²) in [5.41, 5.74) is 1.92. The molecule has 2 aromatic heterocycles. The van der Waals surface area contributed by atoms with Gasteiger partial charge in [0.25, 0.3) is 0 Å². The molecule has 0 saturated carbocycles. The highest BCUT2D eigenvalue weighted by atomic mass is 16.5. The molecule has 4 heterocycles. The Kier molecular flexibility index (Phi) is 5.91. The molecule has 0 amide bonds. The van der Waals surface area contributed by atoms with Crippen LogP contribution in [0.4, 0.5) is 5.95 Å². The Balaban J connectivity index is 1.27. The van der Waals surface area contributed by atoms with Crippen LogP contribution in [0, 0.1) is 5.92 Å². The van der Waals surface area contributed by atoms with E-state index in [1.54, 1.807) is 6.20 Å². The van der Waals surface area contributed by atoms with Crippen molar-refractivity contribution in [3.05, 3.63) is 48.0 Å². The van der Waals surface area contributed by atoms with Crippen molar-refractivity contribution in [2.45, 2.75) is 25.5 Å². The first-order chi connectivity index (χ1) is 13.3. The van der Waals surface area contributed by atoms with E-state index >= 15 is 0 Å². The predicted octanol–water partition coefficient (Wildman–Crippen LogP) is 1.65. The molecular weight excluding hydrogens is 342 g/mol. The van der Waals surface area contributed by atoms with Crippen LogP contribution in [0.2, 0.25) is 0 Å². The molecule has 4 rings (SSSR count). The van der Waals surface area contributed by atoms with Gasteiger partial charge in [-0.2, -0.15) is 0 Å². The summed E-state index contributed by atoms with van der Waals surface area (Å²) in [7, 11) is 0. The van der Waals surface area contributed by atoms with Gasteiger partial charge >= 0.3 is 0 Å². The Morgan fingerprint density at radius 2 is 1.78 bits per heavy atom. The van der Waals surface area contributed by atoms with Crippen molar-refractivity contribution >= 4 is 5.95 Å². The summed E-state index contributed by atoms with van der Waals surface area (Å²) in [4.78, 5) is 17.9. The minimum atomic E-state index is -0.468. The van der Waals surface area contributed by atoms with Crippen molar-refractivity contribution in [2.75, 3.05) is 44.3 Å². The van der Waals surface area contributed by atoms with Gasteiger partial charge in [-0.05, 0) is 44.0 Å². The molecular formula is C20H27N5O2. The number of rotatable bonds is 5. The molecule has 0 radical (unpaired) electrons. The second-order valence-corrected chi connectivity index (χ2v) is 7.30. The first kappa shape index (κ1) is 18.3. The summed E-state index contributed by atoms with van der Waals surface area (Å²) in [5, 5.41) is 10.6. The summed E-state index contributed by atoms with van der Waals surface area (Å²) in [5.74, 6) is 1.07. The Morgan fingerprint density at radius 3 is 2.44 bits per heavy atom. The maximum atomic E-state index is 10.6. The van der Waals surface area contributed by atoms with Crippen molar-refractivity contribution in [3.8, 4) is 0 Å². The van der Waals surface area contributed by atoms with E-state index < -0.39 is 6.10 Å². The summed E-state index contributed by atoms with van der Waals surface area (Å²) in [6, 6.07) is 5.72. The van der Waals surface area contributed by atoms with Gasteiger partial charge in [-0.1, -0.05) is 6.07 Å². The zero-order valence-corrected chi connectivity index (χ0v) is 15.6. The molecule has 0 aliphatic carbocycles. The van der Waals surface area contributed by atoms with Crippen LogP contribution in [0.15, 0.2) is 36.8 Å². The van der Waals surface area contributed by atoms with Gasteiger partial charge in [0.2, 0.25) is 5.95 Å². The number of nitrogens with zero attached hydrogens (tertiary/aromatic N) is 5.